The minimum atomic E-state index is -1.08. The maximum atomic E-state index is 11.4. The number of hydrogen-bond acceptors (Lipinski definition) is 13. The number of unbranched alkanes of at least 4 members (excludes halogenated alkanes) is 2. The molecule has 2 heterocycles. The highest BCUT2D eigenvalue weighted by Gasteiger charge is 2.12. The van der Waals surface area contributed by atoms with Gasteiger partial charge in [0.15, 0.2) is 0 Å². The molecule has 3 N–H and O–H groups in total. The Hall–Kier alpha value is -2.81. The topological polar surface area (TPSA) is 179 Å². The fraction of sp³-hybridized carbons (Fsp3) is 0.606. The summed E-state index contributed by atoms with van der Waals surface area (Å²) in [6.45, 7) is 5.93. The Bertz CT molecular complexity index is 1220. The SMILES string of the molecule is N#CSCCCCCSCCCOCCN(CCOCCOCCN(CCO)Cc1cccc(C(=O)O)n1)Cc1cccc(C(=O)O)n1. The number of rotatable bonds is 30. The number of hydrogen-bond donors (Lipinski definition) is 3. The number of aliphatic hydroxyl groups is 1. The molecule has 15 heteroatoms. The smallest absolute Gasteiger partial charge is 0.354 e. The van der Waals surface area contributed by atoms with E-state index in [0.717, 1.165) is 36.5 Å². The summed E-state index contributed by atoms with van der Waals surface area (Å²) in [7, 11) is 0. The number of aromatic carboxylic acids is 2. The number of aromatic nitrogens is 2. The van der Waals surface area contributed by atoms with Gasteiger partial charge in [0, 0.05) is 51.6 Å². The van der Waals surface area contributed by atoms with Crippen LogP contribution in [-0.4, -0.2) is 137 Å². The Labute approximate surface area is 292 Å². The molecule has 0 aliphatic heterocycles. The molecular weight excluding hydrogens is 659 g/mol. The van der Waals surface area contributed by atoms with Crippen molar-refractivity contribution < 1.29 is 39.1 Å². The number of carboxylic acid groups (broad SMARTS) is 2. The number of carbonyl (C=O) groups is 2. The maximum absolute atomic E-state index is 11.4. The van der Waals surface area contributed by atoms with E-state index in [-0.39, 0.29) is 18.0 Å². The zero-order valence-electron chi connectivity index (χ0n) is 27.5. The molecular formula is C33H49N5O8S2. The van der Waals surface area contributed by atoms with Crippen molar-refractivity contribution in [3.05, 3.63) is 59.2 Å². The van der Waals surface area contributed by atoms with Gasteiger partial charge in [-0.15, -0.1) is 0 Å². The molecule has 0 aliphatic rings. The molecule has 0 atom stereocenters. The second-order valence-corrected chi connectivity index (χ2v) is 12.8. The number of pyridine rings is 2. The summed E-state index contributed by atoms with van der Waals surface area (Å²) in [5, 5.41) is 38.6. The van der Waals surface area contributed by atoms with Crippen molar-refractivity contribution >= 4 is 35.5 Å². The number of ether oxygens (including phenoxy) is 3. The summed E-state index contributed by atoms with van der Waals surface area (Å²) >= 11 is 3.26. The van der Waals surface area contributed by atoms with Crippen LogP contribution in [0.15, 0.2) is 36.4 Å². The van der Waals surface area contributed by atoms with Gasteiger partial charge < -0.3 is 29.5 Å². The molecule has 266 valence electrons. The molecule has 0 fully saturated rings. The van der Waals surface area contributed by atoms with E-state index in [4.69, 9.17) is 24.6 Å². The molecule has 0 radical (unpaired) electrons. The zero-order chi connectivity index (χ0) is 34.7. The Morgan fingerprint density at radius 2 is 1.19 bits per heavy atom. The van der Waals surface area contributed by atoms with Crippen LogP contribution in [0.5, 0.6) is 0 Å². The highest BCUT2D eigenvalue weighted by atomic mass is 32.2. The van der Waals surface area contributed by atoms with Gasteiger partial charge in [-0.3, -0.25) is 9.80 Å². The van der Waals surface area contributed by atoms with Gasteiger partial charge in [-0.25, -0.2) is 19.6 Å². The Morgan fingerprint density at radius 3 is 1.71 bits per heavy atom. The first-order valence-electron chi connectivity index (χ1n) is 16.2. The molecule has 0 aliphatic carbocycles. The van der Waals surface area contributed by atoms with Crippen LogP contribution in [0.4, 0.5) is 0 Å². The van der Waals surface area contributed by atoms with Crippen LogP contribution in [0.1, 0.15) is 58.0 Å². The van der Waals surface area contributed by atoms with E-state index < -0.39 is 11.9 Å². The lowest BCUT2D eigenvalue weighted by Crippen LogP contribution is -2.32. The van der Waals surface area contributed by atoms with Crippen molar-refractivity contribution in [2.75, 3.05) is 89.7 Å². The van der Waals surface area contributed by atoms with E-state index in [2.05, 4.69) is 20.3 Å². The molecule has 0 unspecified atom stereocenters. The lowest BCUT2D eigenvalue weighted by Gasteiger charge is -2.22. The molecule has 2 aromatic rings. The second kappa shape index (κ2) is 27.1. The summed E-state index contributed by atoms with van der Waals surface area (Å²) in [6, 6.07) is 9.84. The molecule has 2 rings (SSSR count). The number of thiocyanates is 1. The summed E-state index contributed by atoms with van der Waals surface area (Å²) in [5.41, 5.74) is 1.27. The van der Waals surface area contributed by atoms with E-state index in [1.54, 1.807) is 18.2 Å². The molecule has 0 amide bonds. The van der Waals surface area contributed by atoms with Gasteiger partial charge in [0.05, 0.1) is 51.0 Å². The van der Waals surface area contributed by atoms with Crippen LogP contribution >= 0.6 is 23.5 Å². The van der Waals surface area contributed by atoms with Gasteiger partial charge in [-0.2, -0.15) is 17.0 Å². The van der Waals surface area contributed by atoms with Gasteiger partial charge in [-0.1, -0.05) is 18.6 Å². The van der Waals surface area contributed by atoms with E-state index in [0.29, 0.717) is 90.3 Å². The average molecular weight is 708 g/mol. The average Bonchev–Trinajstić information content (AvgIpc) is 3.08. The number of aliphatic hydroxyl groups excluding tert-OH is 1. The van der Waals surface area contributed by atoms with Gasteiger partial charge >= 0.3 is 11.9 Å². The predicted octanol–water partition coefficient (Wildman–Crippen LogP) is 3.73. The third-order valence-electron chi connectivity index (χ3n) is 6.94. The molecule has 2 aromatic heterocycles. The fourth-order valence-corrected chi connectivity index (χ4v) is 5.86. The molecule has 0 saturated heterocycles. The zero-order valence-corrected chi connectivity index (χ0v) is 29.2. The summed E-state index contributed by atoms with van der Waals surface area (Å²) in [6.07, 6.45) is 4.40. The first-order valence-corrected chi connectivity index (χ1v) is 18.3. The predicted molar refractivity (Wildman–Crippen MR) is 186 cm³/mol. The normalized spacial score (nSPS) is 11.3. The van der Waals surface area contributed by atoms with E-state index in [1.165, 1.54) is 30.3 Å². The third-order valence-corrected chi connectivity index (χ3v) is 8.72. The monoisotopic (exact) mass is 707 g/mol. The van der Waals surface area contributed by atoms with E-state index in [9.17, 15) is 19.8 Å². The van der Waals surface area contributed by atoms with Crippen LogP contribution in [0, 0.1) is 10.7 Å². The van der Waals surface area contributed by atoms with Crippen LogP contribution in [-0.2, 0) is 27.3 Å². The first-order chi connectivity index (χ1) is 23.4. The van der Waals surface area contributed by atoms with Crippen LogP contribution in [0.3, 0.4) is 0 Å². The summed E-state index contributed by atoms with van der Waals surface area (Å²) in [5.74, 6) is 0.949. The van der Waals surface area contributed by atoms with Crippen LogP contribution in [0.25, 0.3) is 0 Å². The molecule has 0 saturated carbocycles. The first kappa shape index (κ1) is 41.4. The van der Waals surface area contributed by atoms with Crippen molar-refractivity contribution in [1.82, 2.24) is 19.8 Å². The van der Waals surface area contributed by atoms with Crippen molar-refractivity contribution in [1.29, 1.82) is 5.26 Å². The van der Waals surface area contributed by atoms with E-state index in [1.807, 2.05) is 22.7 Å². The number of nitriles is 1. The number of thioether (sulfide) groups is 2. The van der Waals surface area contributed by atoms with Crippen LogP contribution in [0.2, 0.25) is 0 Å². The quantitative estimate of drug-likeness (QED) is 0.0790. The van der Waals surface area contributed by atoms with Crippen LogP contribution < -0.4 is 0 Å². The minimum absolute atomic E-state index is 0.0123. The Morgan fingerprint density at radius 1 is 0.688 bits per heavy atom. The lowest BCUT2D eigenvalue weighted by molar-refractivity contribution is 0.0244. The molecule has 0 aromatic carbocycles. The molecule has 0 spiro atoms. The Balaban J connectivity index is 1.66. The lowest BCUT2D eigenvalue weighted by atomic mass is 10.3. The van der Waals surface area contributed by atoms with Crippen molar-refractivity contribution in [3.8, 4) is 5.40 Å². The molecule has 48 heavy (non-hydrogen) atoms. The standard InChI is InChI=1S/C33H49N5O8S2/c34-27-48-23-3-1-2-22-47-24-6-16-44-17-13-38(26-29-8-5-10-31(36-29)33(42)43)14-19-46-21-20-45-18-12-37(11-15-39)25-28-7-4-9-30(35-28)32(40)41/h4-5,7-10,39H,1-3,6,11-26H2,(H,40,41)(H,42,43). The van der Waals surface area contributed by atoms with Gasteiger partial charge in [0.1, 0.15) is 16.8 Å². The minimum Gasteiger partial charge on any atom is -0.477 e. The molecule has 13 nitrogen and oxygen atoms in total. The van der Waals surface area contributed by atoms with E-state index >= 15 is 0 Å². The van der Waals surface area contributed by atoms with Gasteiger partial charge in [0.25, 0.3) is 0 Å². The van der Waals surface area contributed by atoms with Crippen molar-refractivity contribution in [2.24, 2.45) is 0 Å². The largest absolute Gasteiger partial charge is 0.477 e. The van der Waals surface area contributed by atoms with Crippen molar-refractivity contribution in [2.45, 2.75) is 38.8 Å². The highest BCUT2D eigenvalue weighted by Crippen LogP contribution is 2.10. The maximum Gasteiger partial charge on any atom is 0.354 e. The second-order valence-electron chi connectivity index (χ2n) is 10.7. The molecule has 0 bridgehead atoms. The van der Waals surface area contributed by atoms with Gasteiger partial charge in [0.2, 0.25) is 0 Å². The highest BCUT2D eigenvalue weighted by molar-refractivity contribution is 8.03. The van der Waals surface area contributed by atoms with Gasteiger partial charge in [-0.05, 0) is 66.8 Å². The summed E-state index contributed by atoms with van der Waals surface area (Å²) < 4.78 is 17.4. The third kappa shape index (κ3) is 19.9. The fourth-order valence-electron chi connectivity index (χ4n) is 4.48. The Kier molecular flexibility index (Phi) is 23.3. The van der Waals surface area contributed by atoms with Crippen molar-refractivity contribution in [3.63, 3.8) is 0 Å². The number of carboxylic acids is 2. The summed E-state index contributed by atoms with van der Waals surface area (Å²) in [4.78, 5) is 35.1. The number of nitrogens with zero attached hydrogens (tertiary/aromatic N) is 5.